The third kappa shape index (κ3) is 3.07. The summed E-state index contributed by atoms with van der Waals surface area (Å²) < 4.78 is 7.56. The van der Waals surface area contributed by atoms with Crippen molar-refractivity contribution < 1.29 is 4.74 Å². The first-order chi connectivity index (χ1) is 13.5. The summed E-state index contributed by atoms with van der Waals surface area (Å²) in [6.07, 6.45) is 6.75. The number of imidazole rings is 1. The van der Waals surface area contributed by atoms with Crippen molar-refractivity contribution in [3.63, 3.8) is 0 Å². The second kappa shape index (κ2) is 6.40. The number of rotatable bonds is 5. The van der Waals surface area contributed by atoms with Crippen LogP contribution in [0.25, 0.3) is 11.3 Å². The molecule has 3 aromatic rings. The Labute approximate surface area is 166 Å². The van der Waals surface area contributed by atoms with E-state index in [-0.39, 0.29) is 5.41 Å². The standard InChI is InChI=1S/C24H27N3O/c1-24(2)15-26(13-17-4-9-20(28-3)10-5-17)23-12-18(6-11-21(23)24)22-14-27(16-25-22)19-7-8-19/h4-6,9-12,14,16,19H,7-8,13,15H2,1-3H3. The molecule has 1 aromatic heterocycles. The molecule has 1 aliphatic carbocycles. The predicted octanol–water partition coefficient (Wildman–Crippen LogP) is 5.19. The fourth-order valence-corrected chi connectivity index (χ4v) is 4.32. The van der Waals surface area contributed by atoms with Crippen molar-refractivity contribution >= 4 is 5.69 Å². The number of fused-ring (bicyclic) bond motifs is 1. The zero-order valence-corrected chi connectivity index (χ0v) is 16.9. The quantitative estimate of drug-likeness (QED) is 0.616. The molecule has 0 unspecified atom stereocenters. The molecule has 0 saturated heterocycles. The number of benzene rings is 2. The maximum absolute atomic E-state index is 5.29. The Morgan fingerprint density at radius 2 is 1.89 bits per heavy atom. The van der Waals surface area contributed by atoms with Gasteiger partial charge >= 0.3 is 0 Å². The topological polar surface area (TPSA) is 30.3 Å². The molecular formula is C24H27N3O. The zero-order valence-electron chi connectivity index (χ0n) is 16.9. The van der Waals surface area contributed by atoms with E-state index >= 15 is 0 Å². The largest absolute Gasteiger partial charge is 0.497 e. The molecule has 2 aromatic carbocycles. The first-order valence-corrected chi connectivity index (χ1v) is 10.1. The van der Waals surface area contributed by atoms with E-state index in [2.05, 4.69) is 64.8 Å². The Hall–Kier alpha value is -2.75. The molecule has 4 nitrogen and oxygen atoms in total. The molecular weight excluding hydrogens is 346 g/mol. The SMILES string of the molecule is COc1ccc(CN2CC(C)(C)c3ccc(-c4cn(C5CC5)cn4)cc32)cc1. The van der Waals surface area contributed by atoms with Crippen LogP contribution in [0.4, 0.5) is 5.69 Å². The lowest BCUT2D eigenvalue weighted by molar-refractivity contribution is 0.414. The number of ether oxygens (including phenoxy) is 1. The summed E-state index contributed by atoms with van der Waals surface area (Å²) in [7, 11) is 1.71. The summed E-state index contributed by atoms with van der Waals surface area (Å²) in [5.74, 6) is 0.902. The number of nitrogens with zero attached hydrogens (tertiary/aromatic N) is 3. The lowest BCUT2D eigenvalue weighted by Gasteiger charge is -2.22. The monoisotopic (exact) mass is 373 g/mol. The molecule has 28 heavy (non-hydrogen) atoms. The van der Waals surface area contributed by atoms with E-state index in [1.54, 1.807) is 7.11 Å². The van der Waals surface area contributed by atoms with Gasteiger partial charge in [0, 0.05) is 42.0 Å². The van der Waals surface area contributed by atoms with Gasteiger partial charge in [0.15, 0.2) is 0 Å². The fourth-order valence-electron chi connectivity index (χ4n) is 4.32. The predicted molar refractivity (Wildman–Crippen MR) is 113 cm³/mol. The molecule has 1 aliphatic heterocycles. The molecule has 1 saturated carbocycles. The van der Waals surface area contributed by atoms with Crippen LogP contribution < -0.4 is 9.64 Å². The van der Waals surface area contributed by atoms with Gasteiger partial charge in [-0.15, -0.1) is 0 Å². The van der Waals surface area contributed by atoms with Crippen LogP contribution in [-0.4, -0.2) is 23.2 Å². The van der Waals surface area contributed by atoms with E-state index < -0.39 is 0 Å². The van der Waals surface area contributed by atoms with E-state index in [0.717, 1.165) is 24.5 Å². The molecule has 0 spiro atoms. The molecule has 2 heterocycles. The molecule has 2 aliphatic rings. The average Bonchev–Trinajstić information content (AvgIpc) is 3.37. The van der Waals surface area contributed by atoms with Crippen molar-refractivity contribution in [2.45, 2.75) is 44.7 Å². The zero-order chi connectivity index (χ0) is 19.3. The first kappa shape index (κ1) is 17.4. The van der Waals surface area contributed by atoms with Crippen LogP contribution >= 0.6 is 0 Å². The minimum atomic E-state index is 0.147. The van der Waals surface area contributed by atoms with Gasteiger partial charge in [0.1, 0.15) is 5.75 Å². The fraction of sp³-hybridized carbons (Fsp3) is 0.375. The van der Waals surface area contributed by atoms with Crippen molar-refractivity contribution in [3.05, 3.63) is 66.1 Å². The molecule has 144 valence electrons. The summed E-state index contributed by atoms with van der Waals surface area (Å²) >= 11 is 0. The highest BCUT2D eigenvalue weighted by molar-refractivity contribution is 5.72. The Kier molecular flexibility index (Phi) is 3.97. The van der Waals surface area contributed by atoms with Gasteiger partial charge < -0.3 is 14.2 Å². The van der Waals surface area contributed by atoms with Crippen LogP contribution in [0.15, 0.2) is 55.0 Å². The molecule has 0 amide bonds. The van der Waals surface area contributed by atoms with Crippen LogP contribution in [0.3, 0.4) is 0 Å². The molecule has 1 fully saturated rings. The van der Waals surface area contributed by atoms with Crippen molar-refractivity contribution in [2.24, 2.45) is 0 Å². The molecule has 0 bridgehead atoms. The number of methoxy groups -OCH3 is 1. The van der Waals surface area contributed by atoms with Gasteiger partial charge in [-0.25, -0.2) is 4.98 Å². The third-order valence-corrected chi connectivity index (χ3v) is 6.05. The van der Waals surface area contributed by atoms with Crippen molar-refractivity contribution in [3.8, 4) is 17.0 Å². The van der Waals surface area contributed by atoms with Gasteiger partial charge in [0.2, 0.25) is 0 Å². The van der Waals surface area contributed by atoms with Crippen LogP contribution in [0.5, 0.6) is 5.75 Å². The number of hydrogen-bond acceptors (Lipinski definition) is 3. The van der Waals surface area contributed by atoms with E-state index in [9.17, 15) is 0 Å². The number of anilines is 1. The minimum Gasteiger partial charge on any atom is -0.497 e. The van der Waals surface area contributed by atoms with Gasteiger partial charge in [-0.05, 0) is 42.2 Å². The lowest BCUT2D eigenvalue weighted by atomic mass is 9.86. The van der Waals surface area contributed by atoms with Gasteiger partial charge in [-0.1, -0.05) is 38.1 Å². The van der Waals surface area contributed by atoms with Crippen LogP contribution in [0.2, 0.25) is 0 Å². The minimum absolute atomic E-state index is 0.147. The summed E-state index contributed by atoms with van der Waals surface area (Å²) in [5.41, 5.74) is 6.48. The third-order valence-electron chi connectivity index (χ3n) is 6.05. The molecule has 4 heteroatoms. The Balaban J connectivity index is 1.46. The van der Waals surface area contributed by atoms with E-state index in [4.69, 9.17) is 4.74 Å². The summed E-state index contributed by atoms with van der Waals surface area (Å²) in [5, 5.41) is 0. The van der Waals surface area contributed by atoms with Crippen molar-refractivity contribution in [1.82, 2.24) is 9.55 Å². The van der Waals surface area contributed by atoms with Gasteiger partial charge in [0.25, 0.3) is 0 Å². The molecule has 5 rings (SSSR count). The summed E-state index contributed by atoms with van der Waals surface area (Å²) in [6, 6.07) is 15.9. The first-order valence-electron chi connectivity index (χ1n) is 10.1. The number of aromatic nitrogens is 2. The van der Waals surface area contributed by atoms with Crippen LogP contribution in [0.1, 0.15) is 43.9 Å². The molecule has 0 radical (unpaired) electrons. The van der Waals surface area contributed by atoms with Crippen LogP contribution in [0, 0.1) is 0 Å². The van der Waals surface area contributed by atoms with Crippen LogP contribution in [-0.2, 0) is 12.0 Å². The van der Waals surface area contributed by atoms with E-state index in [1.165, 1.54) is 35.2 Å². The lowest BCUT2D eigenvalue weighted by Crippen LogP contribution is -2.28. The molecule has 0 N–H and O–H groups in total. The molecule has 0 atom stereocenters. The second-order valence-electron chi connectivity index (χ2n) is 8.76. The Morgan fingerprint density at radius 1 is 1.11 bits per heavy atom. The highest BCUT2D eigenvalue weighted by Gasteiger charge is 2.35. The maximum atomic E-state index is 5.29. The Bertz CT molecular complexity index is 999. The Morgan fingerprint density at radius 3 is 2.61 bits per heavy atom. The normalized spacial score (nSPS) is 17.6. The maximum Gasteiger partial charge on any atom is 0.118 e. The van der Waals surface area contributed by atoms with E-state index in [1.807, 2.05) is 18.5 Å². The average molecular weight is 374 g/mol. The van der Waals surface area contributed by atoms with Gasteiger partial charge in [-0.2, -0.15) is 0 Å². The smallest absolute Gasteiger partial charge is 0.118 e. The van der Waals surface area contributed by atoms with Crippen molar-refractivity contribution in [2.75, 3.05) is 18.6 Å². The van der Waals surface area contributed by atoms with Crippen molar-refractivity contribution in [1.29, 1.82) is 0 Å². The summed E-state index contributed by atoms with van der Waals surface area (Å²) in [6.45, 7) is 6.59. The summed E-state index contributed by atoms with van der Waals surface area (Å²) in [4.78, 5) is 7.17. The highest BCUT2D eigenvalue weighted by atomic mass is 16.5. The van der Waals surface area contributed by atoms with E-state index in [0.29, 0.717) is 6.04 Å². The van der Waals surface area contributed by atoms with Gasteiger partial charge in [0.05, 0.1) is 19.1 Å². The number of hydrogen-bond donors (Lipinski definition) is 0. The second-order valence-corrected chi connectivity index (χ2v) is 8.76. The highest BCUT2D eigenvalue weighted by Crippen LogP contribution is 2.43. The van der Waals surface area contributed by atoms with Gasteiger partial charge in [-0.3, -0.25) is 0 Å².